The number of halogens is 2. The van der Waals surface area contributed by atoms with Gasteiger partial charge in [-0.05, 0) is 66.2 Å². The molecule has 0 radical (unpaired) electrons. The standard InChI is InChI=1S/C28H36Cl2N4O3S/c1-18(2)12-25(27(35)32-15-19-8-9-23(29)24(30)13-19)33-11-10-21(17-38(37)22-6-4-3-5-7-22)34-16-20(31)14-26(34)28(33)36/h3-9,13,18,20-21,25-26H,10-12,14-17,31H2,1-2H3,(H,32,35)/t20-,21?,25-,26?,38-/m1/s1. The van der Waals surface area contributed by atoms with Gasteiger partial charge >= 0.3 is 0 Å². The first-order valence-corrected chi connectivity index (χ1v) is 15.2. The van der Waals surface area contributed by atoms with E-state index in [9.17, 15) is 14.1 Å². The summed E-state index contributed by atoms with van der Waals surface area (Å²) in [5, 5.41) is 3.88. The van der Waals surface area contributed by atoms with Crippen LogP contribution in [0.15, 0.2) is 53.4 Å². The monoisotopic (exact) mass is 578 g/mol. The number of fused-ring (bicyclic) bond motifs is 1. The Morgan fingerprint density at radius 3 is 2.61 bits per heavy atom. The summed E-state index contributed by atoms with van der Waals surface area (Å²) in [5.41, 5.74) is 7.15. The molecule has 2 aliphatic heterocycles. The van der Waals surface area contributed by atoms with Crippen molar-refractivity contribution in [3.8, 4) is 0 Å². The number of nitrogens with one attached hydrogen (secondary N) is 1. The fourth-order valence-corrected chi connectivity index (χ4v) is 7.09. The van der Waals surface area contributed by atoms with Crippen LogP contribution in [-0.2, 0) is 27.3 Å². The van der Waals surface area contributed by atoms with Crippen molar-refractivity contribution in [2.24, 2.45) is 11.7 Å². The second-order valence-electron chi connectivity index (χ2n) is 10.6. The number of hydrogen-bond donors (Lipinski definition) is 2. The van der Waals surface area contributed by atoms with Gasteiger partial charge in [-0.25, -0.2) is 0 Å². The van der Waals surface area contributed by atoms with Crippen LogP contribution >= 0.6 is 23.2 Å². The topological polar surface area (TPSA) is 102 Å². The van der Waals surface area contributed by atoms with Gasteiger partial charge in [0.25, 0.3) is 0 Å². The van der Waals surface area contributed by atoms with Gasteiger partial charge in [0, 0.05) is 25.7 Å². The van der Waals surface area contributed by atoms with Gasteiger partial charge in [0.1, 0.15) is 11.8 Å². The second-order valence-corrected chi connectivity index (χ2v) is 12.9. The van der Waals surface area contributed by atoms with E-state index >= 15 is 0 Å². The summed E-state index contributed by atoms with van der Waals surface area (Å²) in [6, 6.07) is 13.4. The molecule has 2 heterocycles. The van der Waals surface area contributed by atoms with Crippen molar-refractivity contribution < 1.29 is 14.1 Å². The Bertz CT molecular complexity index is 1120. The molecule has 2 aliphatic rings. The molecule has 3 N–H and O–H groups in total. The Morgan fingerprint density at radius 1 is 1.18 bits per heavy atom. The summed E-state index contributed by atoms with van der Waals surface area (Å²) >= 11 is 11.0. The van der Waals surface area contributed by atoms with Crippen molar-refractivity contribution in [2.75, 3.05) is 18.8 Å². The van der Waals surface area contributed by atoms with Crippen molar-refractivity contribution in [1.29, 1.82) is 0 Å². The van der Waals surface area contributed by atoms with Crippen molar-refractivity contribution >= 4 is 46.2 Å². The first kappa shape index (κ1) is 29.2. The Kier molecular flexibility index (Phi) is 10.0. The minimum absolute atomic E-state index is 0.0671. The van der Waals surface area contributed by atoms with Crippen LogP contribution in [0, 0.1) is 5.92 Å². The molecule has 2 aromatic rings. The van der Waals surface area contributed by atoms with Gasteiger partial charge in [-0.3, -0.25) is 14.5 Å². The predicted molar refractivity (Wildman–Crippen MR) is 152 cm³/mol. The van der Waals surface area contributed by atoms with Gasteiger partial charge in [0.15, 0.2) is 4.90 Å². The van der Waals surface area contributed by atoms with E-state index in [1.807, 2.05) is 50.2 Å². The molecule has 0 aliphatic carbocycles. The SMILES string of the molecule is CC(C)C[C@H](C(=O)NCc1ccc(Cl)c(Cl)c1)N1CCC(C[S@@+]([O-])c2ccccc2)N2C[C@H](N)CC2C1=O. The van der Waals surface area contributed by atoms with E-state index < -0.39 is 23.3 Å². The van der Waals surface area contributed by atoms with Gasteiger partial charge in [-0.1, -0.05) is 61.3 Å². The number of amides is 2. The molecule has 206 valence electrons. The molecule has 10 heteroatoms. The van der Waals surface area contributed by atoms with Crippen LogP contribution in [0.1, 0.15) is 38.7 Å². The zero-order chi connectivity index (χ0) is 27.4. The average Bonchev–Trinajstić information content (AvgIpc) is 3.24. The van der Waals surface area contributed by atoms with Crippen LogP contribution in [-0.4, -0.2) is 69.2 Å². The zero-order valence-corrected chi connectivity index (χ0v) is 24.1. The fraction of sp³-hybridized carbons (Fsp3) is 0.500. The van der Waals surface area contributed by atoms with E-state index in [0.717, 1.165) is 10.5 Å². The minimum Gasteiger partial charge on any atom is -0.611 e. The molecule has 7 nitrogen and oxygen atoms in total. The van der Waals surface area contributed by atoms with Crippen LogP contribution in [0.5, 0.6) is 0 Å². The first-order valence-electron chi connectivity index (χ1n) is 13.1. The van der Waals surface area contributed by atoms with Gasteiger partial charge in [-0.15, -0.1) is 0 Å². The lowest BCUT2D eigenvalue weighted by Crippen LogP contribution is -2.53. The normalized spacial score (nSPS) is 23.7. The summed E-state index contributed by atoms with van der Waals surface area (Å²) in [7, 11) is 0. The van der Waals surface area contributed by atoms with Crippen molar-refractivity contribution in [3.63, 3.8) is 0 Å². The molecule has 2 amide bonds. The largest absolute Gasteiger partial charge is 0.611 e. The molecule has 2 fully saturated rings. The quantitative estimate of drug-likeness (QED) is 0.440. The average molecular weight is 580 g/mol. The Balaban J connectivity index is 1.52. The van der Waals surface area contributed by atoms with Crippen LogP contribution < -0.4 is 11.1 Å². The summed E-state index contributed by atoms with van der Waals surface area (Å²) in [6.07, 6.45) is 1.70. The summed E-state index contributed by atoms with van der Waals surface area (Å²) < 4.78 is 13.2. The number of benzene rings is 2. The van der Waals surface area contributed by atoms with Gasteiger partial charge in [-0.2, -0.15) is 0 Å². The van der Waals surface area contributed by atoms with Gasteiger partial charge < -0.3 is 20.5 Å². The van der Waals surface area contributed by atoms with E-state index in [-0.39, 0.29) is 36.4 Å². The lowest BCUT2D eigenvalue weighted by atomic mass is 10.00. The highest BCUT2D eigenvalue weighted by Gasteiger charge is 2.47. The molecule has 5 atom stereocenters. The van der Waals surface area contributed by atoms with Crippen LogP contribution in [0.3, 0.4) is 0 Å². The smallest absolute Gasteiger partial charge is 0.243 e. The van der Waals surface area contributed by atoms with Crippen LogP contribution in [0.25, 0.3) is 0 Å². The van der Waals surface area contributed by atoms with Crippen LogP contribution in [0.2, 0.25) is 10.0 Å². The maximum atomic E-state index is 13.9. The second kappa shape index (κ2) is 13.0. The molecule has 0 saturated carbocycles. The third kappa shape index (κ3) is 7.03. The molecule has 2 unspecified atom stereocenters. The molecular weight excluding hydrogens is 543 g/mol. The highest BCUT2D eigenvalue weighted by atomic mass is 35.5. The van der Waals surface area contributed by atoms with E-state index in [2.05, 4.69) is 10.2 Å². The maximum Gasteiger partial charge on any atom is 0.243 e. The number of carbonyl (C=O) groups excluding carboxylic acids is 2. The Morgan fingerprint density at radius 2 is 1.92 bits per heavy atom. The van der Waals surface area contributed by atoms with Crippen molar-refractivity contribution in [1.82, 2.24) is 15.1 Å². The number of nitrogens with zero attached hydrogens (tertiary/aromatic N) is 2. The lowest BCUT2D eigenvalue weighted by Gasteiger charge is -2.33. The fourth-order valence-electron chi connectivity index (χ4n) is 5.41. The Labute approximate surface area is 238 Å². The van der Waals surface area contributed by atoms with Gasteiger partial charge in [0.2, 0.25) is 11.8 Å². The van der Waals surface area contributed by atoms with E-state index in [1.54, 1.807) is 17.0 Å². The molecular formula is C28H36Cl2N4O3S. The van der Waals surface area contributed by atoms with Gasteiger partial charge in [0.05, 0.1) is 22.1 Å². The minimum atomic E-state index is -1.20. The number of hydrogen-bond acceptors (Lipinski definition) is 5. The lowest BCUT2D eigenvalue weighted by molar-refractivity contribution is -0.143. The third-order valence-corrected chi connectivity index (χ3v) is 9.51. The summed E-state index contributed by atoms with van der Waals surface area (Å²) in [4.78, 5) is 32.1. The molecule has 38 heavy (non-hydrogen) atoms. The Hall–Kier alpha value is -1.81. The first-order chi connectivity index (χ1) is 18.1. The number of nitrogens with two attached hydrogens (primary N) is 1. The number of carbonyl (C=O) groups is 2. The van der Waals surface area contributed by atoms with Crippen molar-refractivity contribution in [2.45, 2.75) is 68.7 Å². The third-order valence-electron chi connectivity index (χ3n) is 7.29. The molecule has 0 bridgehead atoms. The van der Waals surface area contributed by atoms with Crippen molar-refractivity contribution in [3.05, 3.63) is 64.1 Å². The summed E-state index contributed by atoms with van der Waals surface area (Å²) in [5.74, 6) is 0.363. The molecule has 4 rings (SSSR count). The highest BCUT2D eigenvalue weighted by Crippen LogP contribution is 2.30. The zero-order valence-electron chi connectivity index (χ0n) is 21.8. The number of rotatable bonds is 9. The molecule has 2 saturated heterocycles. The highest BCUT2D eigenvalue weighted by molar-refractivity contribution is 7.91. The molecule has 0 aromatic heterocycles. The maximum absolute atomic E-state index is 13.9. The van der Waals surface area contributed by atoms with E-state index in [1.165, 1.54) is 0 Å². The van der Waals surface area contributed by atoms with Crippen LogP contribution in [0.4, 0.5) is 0 Å². The molecule has 0 spiro atoms. The predicted octanol–water partition coefficient (Wildman–Crippen LogP) is 3.83. The van der Waals surface area contributed by atoms with E-state index in [0.29, 0.717) is 48.2 Å². The summed E-state index contributed by atoms with van der Waals surface area (Å²) in [6.45, 7) is 5.39. The van der Waals surface area contributed by atoms with E-state index in [4.69, 9.17) is 28.9 Å². The molecule has 2 aromatic carbocycles.